The molecule has 6 rings (SSSR count). The predicted molar refractivity (Wildman–Crippen MR) is 145 cm³/mol. The molecule has 1 aromatic carbocycles. The third-order valence-electron chi connectivity index (χ3n) is 8.89. The lowest BCUT2D eigenvalue weighted by Crippen LogP contribution is -2.52. The van der Waals surface area contributed by atoms with Crippen molar-refractivity contribution in [3.05, 3.63) is 54.4 Å². The van der Waals surface area contributed by atoms with Gasteiger partial charge < -0.3 is 14.7 Å². The summed E-state index contributed by atoms with van der Waals surface area (Å²) < 4.78 is 2.01. The number of benzene rings is 1. The van der Waals surface area contributed by atoms with Gasteiger partial charge in [-0.15, -0.1) is 0 Å². The molecule has 0 bridgehead atoms. The molecular formula is C30H39N5O. The molecule has 3 fully saturated rings. The van der Waals surface area contributed by atoms with E-state index in [1.54, 1.807) is 0 Å². The Labute approximate surface area is 214 Å². The summed E-state index contributed by atoms with van der Waals surface area (Å²) in [5.74, 6) is 2.03. The highest BCUT2D eigenvalue weighted by Crippen LogP contribution is 2.35. The van der Waals surface area contributed by atoms with Crippen LogP contribution in [0.4, 0.5) is 5.69 Å². The summed E-state index contributed by atoms with van der Waals surface area (Å²) in [6.45, 7) is 11.5. The smallest absolute Gasteiger partial charge is 0.225 e. The third kappa shape index (κ3) is 4.52. The Morgan fingerprint density at radius 3 is 2.33 bits per heavy atom. The lowest BCUT2D eigenvalue weighted by Gasteiger charge is -2.40. The van der Waals surface area contributed by atoms with E-state index >= 15 is 0 Å². The van der Waals surface area contributed by atoms with Gasteiger partial charge >= 0.3 is 0 Å². The van der Waals surface area contributed by atoms with Gasteiger partial charge in [-0.05, 0) is 80.4 Å². The zero-order valence-electron chi connectivity index (χ0n) is 21.8. The molecule has 0 unspecified atom stereocenters. The van der Waals surface area contributed by atoms with E-state index in [4.69, 9.17) is 0 Å². The average molecular weight is 486 g/mol. The molecular weight excluding hydrogens is 446 g/mol. The first-order valence-corrected chi connectivity index (χ1v) is 13.9. The molecule has 2 saturated heterocycles. The quantitative estimate of drug-likeness (QED) is 0.516. The molecule has 0 spiro atoms. The van der Waals surface area contributed by atoms with Crippen LogP contribution < -0.4 is 4.90 Å². The van der Waals surface area contributed by atoms with E-state index in [-0.39, 0.29) is 5.92 Å². The SMILES string of the molecule is CCN1CCC(c2ccc(-c3cc4c(N5CCN(C(=O)C6CC(C)C6)CC5)ccnn4c3)cc2)CC1. The highest BCUT2D eigenvalue weighted by molar-refractivity contribution is 5.82. The lowest BCUT2D eigenvalue weighted by molar-refractivity contribution is -0.140. The van der Waals surface area contributed by atoms with E-state index in [2.05, 4.69) is 76.2 Å². The zero-order valence-corrected chi connectivity index (χ0v) is 21.8. The predicted octanol–water partition coefficient (Wildman–Crippen LogP) is 4.90. The van der Waals surface area contributed by atoms with E-state index < -0.39 is 0 Å². The number of fused-ring (bicyclic) bond motifs is 1. The van der Waals surface area contributed by atoms with Gasteiger partial charge in [-0.1, -0.05) is 38.1 Å². The molecule has 2 aromatic heterocycles. The fourth-order valence-corrected chi connectivity index (χ4v) is 6.49. The number of anilines is 1. The van der Waals surface area contributed by atoms with Crippen LogP contribution in [0.15, 0.2) is 48.8 Å². The topological polar surface area (TPSA) is 44.1 Å². The van der Waals surface area contributed by atoms with Crippen LogP contribution in [-0.4, -0.2) is 71.1 Å². The van der Waals surface area contributed by atoms with Crippen molar-refractivity contribution in [3.8, 4) is 11.1 Å². The molecule has 1 amide bonds. The van der Waals surface area contributed by atoms with E-state index in [0.29, 0.717) is 17.7 Å². The van der Waals surface area contributed by atoms with Crippen molar-refractivity contribution in [2.24, 2.45) is 11.8 Å². The molecule has 1 saturated carbocycles. The van der Waals surface area contributed by atoms with Gasteiger partial charge in [-0.2, -0.15) is 5.10 Å². The Balaban J connectivity index is 1.15. The summed E-state index contributed by atoms with van der Waals surface area (Å²) >= 11 is 0. The molecule has 1 aliphatic carbocycles. The maximum atomic E-state index is 12.8. The summed E-state index contributed by atoms with van der Waals surface area (Å²) in [5.41, 5.74) is 6.26. The fourth-order valence-electron chi connectivity index (χ4n) is 6.49. The first-order valence-electron chi connectivity index (χ1n) is 13.9. The number of piperidine rings is 1. The summed E-state index contributed by atoms with van der Waals surface area (Å²) in [4.78, 5) is 19.8. The van der Waals surface area contributed by atoms with Gasteiger partial charge in [-0.3, -0.25) is 4.79 Å². The molecule has 3 aromatic rings. The summed E-state index contributed by atoms with van der Waals surface area (Å²) in [5, 5.41) is 4.60. The van der Waals surface area contributed by atoms with Gasteiger partial charge in [0.25, 0.3) is 0 Å². The van der Waals surface area contributed by atoms with Crippen molar-refractivity contribution in [2.45, 2.75) is 45.4 Å². The lowest BCUT2D eigenvalue weighted by atomic mass is 9.75. The molecule has 190 valence electrons. The number of amides is 1. The van der Waals surface area contributed by atoms with Crippen LogP contribution in [0.1, 0.15) is 51.0 Å². The number of likely N-dealkylation sites (tertiary alicyclic amines) is 1. The summed E-state index contributed by atoms with van der Waals surface area (Å²) in [6.07, 6.45) is 8.69. The van der Waals surface area contributed by atoms with Crippen LogP contribution in [-0.2, 0) is 4.79 Å². The number of hydrogen-bond donors (Lipinski definition) is 0. The van der Waals surface area contributed by atoms with E-state index in [0.717, 1.165) is 51.1 Å². The Morgan fingerprint density at radius 2 is 1.67 bits per heavy atom. The first kappa shape index (κ1) is 23.5. The molecule has 36 heavy (non-hydrogen) atoms. The minimum absolute atomic E-state index is 0.267. The highest BCUT2D eigenvalue weighted by Gasteiger charge is 2.35. The number of rotatable bonds is 5. The number of nitrogens with zero attached hydrogens (tertiary/aromatic N) is 5. The van der Waals surface area contributed by atoms with Crippen molar-refractivity contribution in [1.82, 2.24) is 19.4 Å². The van der Waals surface area contributed by atoms with Crippen LogP contribution in [0, 0.1) is 11.8 Å². The molecule has 0 N–H and O–H groups in total. The second-order valence-corrected chi connectivity index (χ2v) is 11.2. The van der Waals surface area contributed by atoms with Crippen LogP contribution >= 0.6 is 0 Å². The Hall–Kier alpha value is -2.86. The van der Waals surface area contributed by atoms with Crippen molar-refractivity contribution < 1.29 is 4.79 Å². The van der Waals surface area contributed by atoms with Crippen molar-refractivity contribution in [1.29, 1.82) is 0 Å². The average Bonchev–Trinajstić information content (AvgIpc) is 3.36. The monoisotopic (exact) mass is 485 g/mol. The third-order valence-corrected chi connectivity index (χ3v) is 8.89. The Kier molecular flexibility index (Phi) is 6.46. The van der Waals surface area contributed by atoms with Gasteiger partial charge in [0.05, 0.1) is 11.2 Å². The summed E-state index contributed by atoms with van der Waals surface area (Å²) in [7, 11) is 0. The number of piperazine rings is 1. The molecule has 3 aliphatic rings. The summed E-state index contributed by atoms with van der Waals surface area (Å²) in [6, 6.07) is 13.6. The van der Waals surface area contributed by atoms with Gasteiger partial charge in [0.1, 0.15) is 0 Å². The van der Waals surface area contributed by atoms with Crippen LogP contribution in [0.25, 0.3) is 16.6 Å². The Bertz CT molecular complexity index is 1200. The molecule has 4 heterocycles. The zero-order chi connectivity index (χ0) is 24.6. The number of carbonyl (C=O) groups is 1. The van der Waals surface area contributed by atoms with Gasteiger partial charge in [-0.25, -0.2) is 4.52 Å². The second kappa shape index (κ2) is 9.89. The minimum Gasteiger partial charge on any atom is -0.366 e. The van der Waals surface area contributed by atoms with Crippen LogP contribution in [0.2, 0.25) is 0 Å². The molecule has 0 atom stereocenters. The van der Waals surface area contributed by atoms with E-state index in [9.17, 15) is 4.79 Å². The fraction of sp³-hybridized carbons (Fsp3) is 0.533. The first-order chi connectivity index (χ1) is 17.6. The molecule has 6 nitrogen and oxygen atoms in total. The molecule has 6 heteroatoms. The van der Waals surface area contributed by atoms with Crippen LogP contribution in [0.3, 0.4) is 0 Å². The molecule has 2 aliphatic heterocycles. The number of hydrogen-bond acceptors (Lipinski definition) is 4. The van der Waals surface area contributed by atoms with Gasteiger partial charge in [0, 0.05) is 50.1 Å². The van der Waals surface area contributed by atoms with Crippen molar-refractivity contribution >= 4 is 17.1 Å². The second-order valence-electron chi connectivity index (χ2n) is 11.2. The maximum Gasteiger partial charge on any atom is 0.225 e. The number of carbonyl (C=O) groups excluding carboxylic acids is 1. The van der Waals surface area contributed by atoms with Crippen molar-refractivity contribution in [2.75, 3.05) is 50.7 Å². The van der Waals surface area contributed by atoms with E-state index in [1.165, 1.54) is 48.3 Å². The highest BCUT2D eigenvalue weighted by atomic mass is 16.2. The van der Waals surface area contributed by atoms with Crippen molar-refractivity contribution in [3.63, 3.8) is 0 Å². The largest absolute Gasteiger partial charge is 0.366 e. The molecule has 0 radical (unpaired) electrons. The van der Waals surface area contributed by atoms with E-state index in [1.807, 2.05) is 10.7 Å². The standard InChI is InChI=1S/C30H39N5O/c1-3-32-12-9-25(10-13-32)23-4-6-24(7-5-23)27-20-29-28(8-11-31-35(29)21-27)33-14-16-34(17-15-33)30(36)26-18-22(2)19-26/h4-8,11,20-22,25-26H,3,9-10,12-19H2,1-2H3. The maximum absolute atomic E-state index is 12.8. The Morgan fingerprint density at radius 1 is 0.944 bits per heavy atom. The van der Waals surface area contributed by atoms with Gasteiger partial charge in [0.2, 0.25) is 5.91 Å². The normalized spacial score (nSPS) is 23.7. The van der Waals surface area contributed by atoms with Gasteiger partial charge in [0.15, 0.2) is 0 Å². The number of aromatic nitrogens is 2. The minimum atomic E-state index is 0.267. The van der Waals surface area contributed by atoms with Crippen LogP contribution in [0.5, 0.6) is 0 Å².